The SMILES string of the molecule is C[C@@H]1C2C3C(=O)N(c4cccc5ccccc45)C(=O)N3C1CN2C(=O)C(c1ccccc1)c1ccccc1. The number of carbonyl (C=O) groups is 3. The molecule has 0 N–H and O–H groups in total. The first kappa shape index (κ1) is 22.7. The zero-order valence-corrected chi connectivity index (χ0v) is 21.0. The standard InChI is InChI=1S/C32H27N3O3/c1-20-26-19-33(30(36)27(22-12-4-2-5-13-22)23-14-6-3-7-15-23)28(20)29-31(37)35(32(38)34(26)29)25-18-10-16-21-11-8-9-17-24(21)25/h2-18,20,26-29H,19H2,1H3/t20-,26?,28?,29?/m0/s1. The largest absolute Gasteiger partial charge is 0.334 e. The molecule has 0 aliphatic carbocycles. The van der Waals surface area contributed by atoms with Crippen LogP contribution in [0.1, 0.15) is 24.0 Å². The number of fused-ring (bicyclic) bond motifs is 6. The number of urea groups is 1. The third kappa shape index (κ3) is 3.16. The van der Waals surface area contributed by atoms with Gasteiger partial charge < -0.3 is 9.80 Å². The molecule has 4 atom stereocenters. The molecule has 0 radical (unpaired) electrons. The molecule has 6 heteroatoms. The highest BCUT2D eigenvalue weighted by atomic mass is 16.2. The maximum atomic E-state index is 14.3. The van der Waals surface area contributed by atoms with E-state index in [1.165, 1.54) is 4.90 Å². The van der Waals surface area contributed by atoms with Gasteiger partial charge in [-0.25, -0.2) is 9.69 Å². The molecule has 0 saturated carbocycles. The molecule has 6 nitrogen and oxygen atoms in total. The minimum absolute atomic E-state index is 0.0127. The van der Waals surface area contributed by atoms with Gasteiger partial charge in [-0.3, -0.25) is 9.59 Å². The van der Waals surface area contributed by atoms with E-state index in [4.69, 9.17) is 0 Å². The first-order chi connectivity index (χ1) is 18.6. The van der Waals surface area contributed by atoms with Gasteiger partial charge in [-0.1, -0.05) is 104 Å². The molecule has 188 valence electrons. The second-order valence-electron chi connectivity index (χ2n) is 10.5. The highest BCUT2D eigenvalue weighted by molar-refractivity contribution is 6.25. The Labute approximate surface area is 221 Å². The van der Waals surface area contributed by atoms with Crippen LogP contribution in [-0.2, 0) is 9.59 Å². The van der Waals surface area contributed by atoms with Crippen molar-refractivity contribution in [3.63, 3.8) is 0 Å². The van der Waals surface area contributed by atoms with E-state index in [0.717, 1.165) is 21.9 Å². The van der Waals surface area contributed by atoms with E-state index in [2.05, 4.69) is 6.92 Å². The second kappa shape index (κ2) is 8.55. The minimum atomic E-state index is -0.675. The van der Waals surface area contributed by atoms with Gasteiger partial charge in [0.25, 0.3) is 5.91 Å². The number of amides is 4. The van der Waals surface area contributed by atoms with Crippen molar-refractivity contribution in [2.24, 2.45) is 5.92 Å². The Bertz CT molecular complexity index is 1530. The highest BCUT2D eigenvalue weighted by Crippen LogP contribution is 2.47. The first-order valence-corrected chi connectivity index (χ1v) is 13.1. The number of hydrogen-bond acceptors (Lipinski definition) is 3. The van der Waals surface area contributed by atoms with Gasteiger partial charge in [0, 0.05) is 17.8 Å². The van der Waals surface area contributed by atoms with Gasteiger partial charge in [0.05, 0.1) is 23.7 Å². The molecule has 3 unspecified atom stereocenters. The Morgan fingerprint density at radius 3 is 2.08 bits per heavy atom. The van der Waals surface area contributed by atoms with Gasteiger partial charge in [0.15, 0.2) is 0 Å². The Morgan fingerprint density at radius 2 is 1.39 bits per heavy atom. The van der Waals surface area contributed by atoms with E-state index in [1.807, 2.05) is 108 Å². The lowest BCUT2D eigenvalue weighted by atomic mass is 9.89. The lowest BCUT2D eigenvalue weighted by Crippen LogP contribution is -2.55. The summed E-state index contributed by atoms with van der Waals surface area (Å²) in [7, 11) is 0. The monoisotopic (exact) mass is 501 g/mol. The molecule has 0 spiro atoms. The van der Waals surface area contributed by atoms with Gasteiger partial charge in [-0.05, 0) is 22.6 Å². The highest BCUT2D eigenvalue weighted by Gasteiger charge is 2.66. The van der Waals surface area contributed by atoms with E-state index >= 15 is 0 Å². The number of rotatable bonds is 4. The molecule has 0 aromatic heterocycles. The van der Waals surface area contributed by atoms with Crippen LogP contribution in [0.3, 0.4) is 0 Å². The molecular weight excluding hydrogens is 474 g/mol. The number of likely N-dealkylation sites (tertiary alicyclic amines) is 1. The van der Waals surface area contributed by atoms with Crippen molar-refractivity contribution in [2.75, 3.05) is 11.4 Å². The number of hydrogen-bond donors (Lipinski definition) is 0. The fourth-order valence-corrected chi connectivity index (χ4v) is 6.84. The number of carbonyl (C=O) groups excluding carboxylic acids is 3. The molecule has 3 heterocycles. The predicted octanol–water partition coefficient (Wildman–Crippen LogP) is 5.04. The molecule has 2 bridgehead atoms. The fourth-order valence-electron chi connectivity index (χ4n) is 6.84. The molecule has 4 aromatic rings. The van der Waals surface area contributed by atoms with Crippen LogP contribution >= 0.6 is 0 Å². The lowest BCUT2D eigenvalue weighted by molar-refractivity contribution is -0.136. The van der Waals surface area contributed by atoms with Crippen LogP contribution in [0.15, 0.2) is 103 Å². The fraction of sp³-hybridized carbons (Fsp3) is 0.219. The van der Waals surface area contributed by atoms with Crippen molar-refractivity contribution in [1.29, 1.82) is 0 Å². The van der Waals surface area contributed by atoms with Gasteiger partial charge in [-0.15, -0.1) is 0 Å². The molecule has 4 aromatic carbocycles. The number of benzene rings is 4. The summed E-state index contributed by atoms with van der Waals surface area (Å²) in [6.07, 6.45) is 0. The maximum Gasteiger partial charge on any atom is 0.332 e. The molecule has 3 saturated heterocycles. The van der Waals surface area contributed by atoms with E-state index in [-0.39, 0.29) is 35.8 Å². The number of imide groups is 1. The number of nitrogens with zero attached hydrogens (tertiary/aromatic N) is 3. The minimum Gasteiger partial charge on any atom is -0.334 e. The molecular formula is C32H27N3O3. The van der Waals surface area contributed by atoms with Crippen LogP contribution in [0, 0.1) is 5.92 Å². The molecule has 3 aliphatic heterocycles. The molecule has 3 aliphatic rings. The lowest BCUT2D eigenvalue weighted by Gasteiger charge is -2.37. The van der Waals surface area contributed by atoms with E-state index in [9.17, 15) is 14.4 Å². The third-order valence-corrected chi connectivity index (χ3v) is 8.56. The average Bonchev–Trinajstić information content (AvgIpc) is 3.53. The summed E-state index contributed by atoms with van der Waals surface area (Å²) in [6, 6.07) is 31.5. The van der Waals surface area contributed by atoms with Crippen molar-refractivity contribution in [1.82, 2.24) is 9.80 Å². The normalized spacial score (nSPS) is 24.1. The van der Waals surface area contributed by atoms with Gasteiger partial charge >= 0.3 is 6.03 Å². The zero-order valence-electron chi connectivity index (χ0n) is 21.0. The molecule has 3 fully saturated rings. The van der Waals surface area contributed by atoms with Gasteiger partial charge in [0.2, 0.25) is 5.91 Å². The van der Waals surface area contributed by atoms with E-state index in [1.54, 1.807) is 4.90 Å². The Morgan fingerprint density at radius 1 is 0.789 bits per heavy atom. The van der Waals surface area contributed by atoms with Crippen LogP contribution in [0.2, 0.25) is 0 Å². The Balaban J connectivity index is 1.26. The van der Waals surface area contributed by atoms with E-state index in [0.29, 0.717) is 12.2 Å². The van der Waals surface area contributed by atoms with Crippen molar-refractivity contribution >= 4 is 34.3 Å². The average molecular weight is 502 g/mol. The van der Waals surface area contributed by atoms with Crippen LogP contribution in [0.25, 0.3) is 10.8 Å². The second-order valence-corrected chi connectivity index (χ2v) is 10.5. The number of anilines is 1. The predicted molar refractivity (Wildman–Crippen MR) is 146 cm³/mol. The summed E-state index contributed by atoms with van der Waals surface area (Å²) in [5.74, 6) is -0.734. The summed E-state index contributed by atoms with van der Waals surface area (Å²) < 4.78 is 0. The van der Waals surface area contributed by atoms with Crippen molar-refractivity contribution < 1.29 is 14.4 Å². The molecule has 7 rings (SSSR count). The summed E-state index contributed by atoms with van der Waals surface area (Å²) in [5.41, 5.74) is 2.44. The Kier molecular flexibility index (Phi) is 5.11. The molecule has 38 heavy (non-hydrogen) atoms. The summed E-state index contributed by atoms with van der Waals surface area (Å²) in [6.45, 7) is 2.49. The maximum absolute atomic E-state index is 14.3. The summed E-state index contributed by atoms with van der Waals surface area (Å²) in [4.78, 5) is 47.0. The zero-order chi connectivity index (χ0) is 26.0. The van der Waals surface area contributed by atoms with Crippen molar-refractivity contribution in [3.05, 3.63) is 114 Å². The van der Waals surface area contributed by atoms with Gasteiger partial charge in [0.1, 0.15) is 6.04 Å². The quantitative estimate of drug-likeness (QED) is 0.368. The van der Waals surface area contributed by atoms with E-state index < -0.39 is 12.0 Å². The van der Waals surface area contributed by atoms with Crippen LogP contribution < -0.4 is 4.90 Å². The Hall–Kier alpha value is -4.45. The van der Waals surface area contributed by atoms with Gasteiger partial charge in [-0.2, -0.15) is 0 Å². The third-order valence-electron chi connectivity index (χ3n) is 8.56. The number of piperazine rings is 1. The van der Waals surface area contributed by atoms with Crippen LogP contribution in [0.5, 0.6) is 0 Å². The topological polar surface area (TPSA) is 60.9 Å². The van der Waals surface area contributed by atoms with Crippen molar-refractivity contribution in [3.8, 4) is 0 Å². The first-order valence-electron chi connectivity index (χ1n) is 13.1. The summed E-state index contributed by atoms with van der Waals surface area (Å²) >= 11 is 0. The van der Waals surface area contributed by atoms with Crippen LogP contribution in [0.4, 0.5) is 10.5 Å². The molecule has 4 amide bonds. The summed E-state index contributed by atoms with van der Waals surface area (Å²) in [5, 5.41) is 1.83. The van der Waals surface area contributed by atoms with Crippen LogP contribution in [-0.4, -0.2) is 52.3 Å². The smallest absolute Gasteiger partial charge is 0.332 e. The van der Waals surface area contributed by atoms with Crippen molar-refractivity contribution in [2.45, 2.75) is 31.0 Å².